The van der Waals surface area contributed by atoms with E-state index in [1.165, 1.54) is 15.9 Å². The van der Waals surface area contributed by atoms with Crippen molar-refractivity contribution in [2.45, 2.75) is 79.8 Å². The quantitative estimate of drug-likeness (QED) is 0.774. The molecule has 4 heteroatoms. The van der Waals surface area contributed by atoms with E-state index in [-0.39, 0.29) is 11.0 Å². The maximum atomic E-state index is 4.70. The van der Waals surface area contributed by atoms with E-state index in [0.717, 1.165) is 32.4 Å². The van der Waals surface area contributed by atoms with Gasteiger partial charge in [0.15, 0.2) is 0 Å². The number of aromatic nitrogens is 2. The van der Waals surface area contributed by atoms with Crippen LogP contribution in [0.3, 0.4) is 0 Å². The normalized spacial score (nSPS) is 13.0. The van der Waals surface area contributed by atoms with Crippen LogP contribution in [0.5, 0.6) is 0 Å². The van der Waals surface area contributed by atoms with Crippen molar-refractivity contribution in [1.82, 2.24) is 15.1 Å². The molecule has 0 radical (unpaired) electrons. The largest absolute Gasteiger partial charge is 0.312 e. The van der Waals surface area contributed by atoms with Crippen molar-refractivity contribution in [3.05, 3.63) is 15.9 Å². The van der Waals surface area contributed by atoms with Gasteiger partial charge in [0, 0.05) is 12.1 Å². The predicted octanol–water partition coefficient (Wildman–Crippen LogP) is 4.57. The number of halogens is 1. The van der Waals surface area contributed by atoms with Crippen LogP contribution in [0.25, 0.3) is 0 Å². The van der Waals surface area contributed by atoms with Gasteiger partial charge in [-0.25, -0.2) is 0 Å². The van der Waals surface area contributed by atoms with E-state index in [0.29, 0.717) is 0 Å². The molecule has 0 bridgehead atoms. The zero-order chi connectivity index (χ0) is 16.3. The van der Waals surface area contributed by atoms with Crippen LogP contribution >= 0.6 is 15.9 Å². The van der Waals surface area contributed by atoms with Crippen molar-refractivity contribution in [3.8, 4) is 0 Å². The maximum absolute atomic E-state index is 4.70. The van der Waals surface area contributed by atoms with Gasteiger partial charge in [-0.1, -0.05) is 20.8 Å². The molecule has 0 spiro atoms. The van der Waals surface area contributed by atoms with Crippen LogP contribution in [0.2, 0.25) is 0 Å². The van der Waals surface area contributed by atoms with Crippen molar-refractivity contribution in [2.24, 2.45) is 5.41 Å². The highest BCUT2D eigenvalue weighted by molar-refractivity contribution is 9.10. The summed E-state index contributed by atoms with van der Waals surface area (Å²) < 4.78 is 3.37. The molecule has 0 fully saturated rings. The van der Waals surface area contributed by atoms with E-state index < -0.39 is 0 Å². The first-order valence-corrected chi connectivity index (χ1v) is 8.88. The SMILES string of the molecule is CCc1nn(CC)c(CC(C)(C)CCNC(C)(C)C)c1Br. The second kappa shape index (κ2) is 7.28. The second-order valence-corrected chi connectivity index (χ2v) is 8.44. The Labute approximate surface area is 139 Å². The summed E-state index contributed by atoms with van der Waals surface area (Å²) in [7, 11) is 0. The van der Waals surface area contributed by atoms with Gasteiger partial charge in [-0.2, -0.15) is 5.10 Å². The third-order valence-corrected chi connectivity index (χ3v) is 4.71. The fourth-order valence-electron chi connectivity index (χ4n) is 2.50. The number of hydrogen-bond acceptors (Lipinski definition) is 2. The minimum atomic E-state index is 0.192. The van der Waals surface area contributed by atoms with Gasteiger partial charge >= 0.3 is 0 Å². The van der Waals surface area contributed by atoms with E-state index >= 15 is 0 Å². The van der Waals surface area contributed by atoms with Crippen LogP contribution < -0.4 is 5.32 Å². The first kappa shape index (κ1) is 18.7. The first-order chi connectivity index (χ1) is 9.59. The molecule has 122 valence electrons. The highest BCUT2D eigenvalue weighted by Crippen LogP contribution is 2.31. The molecule has 1 aromatic heterocycles. The standard InChI is InChI=1S/C17H32BrN3/c1-8-13-15(18)14(21(9-2)20-13)12-17(6,7)10-11-19-16(3,4)5/h19H,8-12H2,1-7H3. The molecular formula is C17H32BrN3. The molecule has 1 N–H and O–H groups in total. The molecule has 1 rings (SSSR count). The highest BCUT2D eigenvalue weighted by Gasteiger charge is 2.24. The molecule has 0 aliphatic heterocycles. The van der Waals surface area contributed by atoms with Crippen molar-refractivity contribution in [2.75, 3.05) is 6.54 Å². The fourth-order valence-corrected chi connectivity index (χ4v) is 3.21. The summed E-state index contributed by atoms with van der Waals surface area (Å²) in [4.78, 5) is 0. The van der Waals surface area contributed by atoms with E-state index in [1.54, 1.807) is 0 Å². The van der Waals surface area contributed by atoms with E-state index in [4.69, 9.17) is 5.10 Å². The van der Waals surface area contributed by atoms with Gasteiger partial charge in [0.2, 0.25) is 0 Å². The van der Waals surface area contributed by atoms with Crippen molar-refractivity contribution < 1.29 is 0 Å². The number of hydrogen-bond donors (Lipinski definition) is 1. The lowest BCUT2D eigenvalue weighted by Crippen LogP contribution is -2.38. The van der Waals surface area contributed by atoms with Gasteiger partial charge < -0.3 is 5.32 Å². The summed E-state index contributed by atoms with van der Waals surface area (Å²) in [6, 6.07) is 0. The third-order valence-electron chi connectivity index (χ3n) is 3.80. The van der Waals surface area contributed by atoms with E-state index in [9.17, 15) is 0 Å². The van der Waals surface area contributed by atoms with E-state index in [1.807, 2.05) is 0 Å². The number of nitrogens with one attached hydrogen (secondary N) is 1. The highest BCUT2D eigenvalue weighted by atomic mass is 79.9. The van der Waals surface area contributed by atoms with Crippen LogP contribution in [-0.2, 0) is 19.4 Å². The Hall–Kier alpha value is -0.350. The molecule has 0 saturated carbocycles. The number of rotatable bonds is 7. The molecule has 0 unspecified atom stereocenters. The number of nitrogens with zero attached hydrogens (tertiary/aromatic N) is 2. The van der Waals surface area contributed by atoms with Gasteiger partial charge in [-0.15, -0.1) is 0 Å². The van der Waals surface area contributed by atoms with Crippen LogP contribution in [0.1, 0.15) is 66.3 Å². The molecule has 0 amide bonds. The van der Waals surface area contributed by atoms with Crippen molar-refractivity contribution in [3.63, 3.8) is 0 Å². The Kier molecular flexibility index (Phi) is 6.48. The minimum absolute atomic E-state index is 0.192. The average Bonchev–Trinajstić information content (AvgIpc) is 2.63. The van der Waals surface area contributed by atoms with Gasteiger partial charge in [0.25, 0.3) is 0 Å². The molecule has 0 atom stereocenters. The molecule has 3 nitrogen and oxygen atoms in total. The van der Waals surface area contributed by atoms with Gasteiger partial charge in [-0.3, -0.25) is 4.68 Å². The van der Waals surface area contributed by atoms with Crippen molar-refractivity contribution in [1.29, 1.82) is 0 Å². The molecule has 21 heavy (non-hydrogen) atoms. The molecule has 1 heterocycles. The van der Waals surface area contributed by atoms with E-state index in [2.05, 4.69) is 74.4 Å². The van der Waals surface area contributed by atoms with Gasteiger partial charge in [0.05, 0.1) is 15.9 Å². The molecule has 1 aromatic rings. The van der Waals surface area contributed by atoms with Gasteiger partial charge in [-0.05, 0) is 74.8 Å². The summed E-state index contributed by atoms with van der Waals surface area (Å²) in [6.07, 6.45) is 3.19. The predicted molar refractivity (Wildman–Crippen MR) is 94.8 cm³/mol. The maximum Gasteiger partial charge on any atom is 0.0766 e. The zero-order valence-electron chi connectivity index (χ0n) is 14.8. The molecule has 0 aliphatic carbocycles. The van der Waals surface area contributed by atoms with Gasteiger partial charge in [0.1, 0.15) is 0 Å². The summed E-state index contributed by atoms with van der Waals surface area (Å²) >= 11 is 3.76. The third kappa shape index (κ3) is 5.74. The fraction of sp³-hybridized carbons (Fsp3) is 0.824. The summed E-state index contributed by atoms with van der Waals surface area (Å²) in [5.41, 5.74) is 2.97. The Bertz CT molecular complexity index is 455. The van der Waals surface area contributed by atoms with Crippen LogP contribution in [0, 0.1) is 5.41 Å². The Morgan fingerprint density at radius 1 is 1.14 bits per heavy atom. The lowest BCUT2D eigenvalue weighted by molar-refractivity contribution is 0.295. The Morgan fingerprint density at radius 3 is 2.24 bits per heavy atom. The van der Waals surface area contributed by atoms with Crippen LogP contribution in [0.15, 0.2) is 4.47 Å². The topological polar surface area (TPSA) is 29.9 Å². The van der Waals surface area contributed by atoms with Crippen molar-refractivity contribution >= 4 is 15.9 Å². The minimum Gasteiger partial charge on any atom is -0.312 e. The summed E-state index contributed by atoms with van der Waals surface area (Å²) in [5.74, 6) is 0. The lowest BCUT2D eigenvalue weighted by atomic mass is 9.84. The van der Waals surface area contributed by atoms with Crippen LogP contribution in [0.4, 0.5) is 0 Å². The Morgan fingerprint density at radius 2 is 1.76 bits per heavy atom. The number of aryl methyl sites for hydroxylation is 2. The van der Waals surface area contributed by atoms with Crippen LogP contribution in [-0.4, -0.2) is 21.9 Å². The smallest absolute Gasteiger partial charge is 0.0766 e. The molecule has 0 saturated heterocycles. The monoisotopic (exact) mass is 357 g/mol. The lowest BCUT2D eigenvalue weighted by Gasteiger charge is -2.28. The average molecular weight is 358 g/mol. The summed E-state index contributed by atoms with van der Waals surface area (Å²) in [5, 5.41) is 8.29. The Balaban J connectivity index is 2.76. The second-order valence-electron chi connectivity index (χ2n) is 7.64. The molecule has 0 aliphatic rings. The zero-order valence-corrected chi connectivity index (χ0v) is 16.4. The molecular weight excluding hydrogens is 326 g/mol. The first-order valence-electron chi connectivity index (χ1n) is 8.08. The molecule has 0 aromatic carbocycles. The summed E-state index contributed by atoms with van der Waals surface area (Å²) in [6.45, 7) is 17.7.